The van der Waals surface area contributed by atoms with Gasteiger partial charge in [-0.15, -0.1) is 10.2 Å². The molecule has 2 amide bonds. The monoisotopic (exact) mass is 548 g/mol. The standard InChI is InChI=1S/C32H48N6O2/c1-7-36(8-2)19-29(39)37-17-26(27(18-37)32(40)33-28-12-9-21(5)14-22(28)6)31-35-34-30(38(31)25-10-11-25)24-15-23(16-24)13-20(3)4/h9,12,14,20,23-27H,7-8,10-11,13,15-19H2,1-6H3,(H,33,40)/t23?,24?,26-,27-/m0/s1. The molecule has 8 nitrogen and oxygen atoms in total. The van der Waals surface area contributed by atoms with Gasteiger partial charge in [0.05, 0.1) is 18.4 Å². The Hall–Kier alpha value is -2.74. The van der Waals surface area contributed by atoms with Crippen molar-refractivity contribution in [2.45, 2.75) is 91.5 Å². The summed E-state index contributed by atoms with van der Waals surface area (Å²) in [4.78, 5) is 31.3. The second-order valence-electron chi connectivity index (χ2n) is 13.0. The fourth-order valence-electron chi connectivity index (χ4n) is 6.81. The lowest BCUT2D eigenvalue weighted by Crippen LogP contribution is -2.39. The van der Waals surface area contributed by atoms with Crippen LogP contribution in [-0.2, 0) is 9.59 Å². The number of hydrogen-bond donors (Lipinski definition) is 1. The Balaban J connectivity index is 1.41. The average Bonchev–Trinajstić information content (AvgIpc) is 3.48. The Bertz CT molecular complexity index is 1210. The van der Waals surface area contributed by atoms with Crippen LogP contribution < -0.4 is 5.32 Å². The summed E-state index contributed by atoms with van der Waals surface area (Å²) in [5.41, 5.74) is 3.04. The van der Waals surface area contributed by atoms with Crippen molar-refractivity contribution in [3.05, 3.63) is 41.0 Å². The molecule has 3 fully saturated rings. The van der Waals surface area contributed by atoms with Crippen LogP contribution in [0, 0.1) is 31.6 Å². The highest BCUT2D eigenvalue weighted by molar-refractivity contribution is 5.95. The molecule has 2 atom stereocenters. The van der Waals surface area contributed by atoms with Crippen LogP contribution in [0.1, 0.15) is 100 Å². The highest BCUT2D eigenvalue weighted by Crippen LogP contribution is 2.48. The molecular weight excluding hydrogens is 500 g/mol. The Kier molecular flexibility index (Phi) is 8.64. The van der Waals surface area contributed by atoms with E-state index in [1.165, 1.54) is 24.8 Å². The minimum Gasteiger partial charge on any atom is -0.340 e. The van der Waals surface area contributed by atoms with Crippen molar-refractivity contribution in [1.82, 2.24) is 24.6 Å². The average molecular weight is 549 g/mol. The smallest absolute Gasteiger partial charge is 0.236 e. The number of amides is 2. The quantitative estimate of drug-likeness (QED) is 0.412. The summed E-state index contributed by atoms with van der Waals surface area (Å²) in [5, 5.41) is 12.8. The summed E-state index contributed by atoms with van der Waals surface area (Å²) in [5.74, 6) is 3.47. The molecule has 3 aliphatic rings. The van der Waals surface area contributed by atoms with Crippen molar-refractivity contribution in [2.75, 3.05) is 38.0 Å². The Morgan fingerprint density at radius 2 is 1.75 bits per heavy atom. The molecule has 5 rings (SSSR count). The third-order valence-corrected chi connectivity index (χ3v) is 9.30. The molecule has 1 N–H and O–H groups in total. The number of hydrogen-bond acceptors (Lipinski definition) is 5. The molecule has 218 valence electrons. The number of carbonyl (C=O) groups excluding carboxylic acids is 2. The lowest BCUT2D eigenvalue weighted by molar-refractivity contribution is -0.131. The van der Waals surface area contributed by atoms with E-state index in [0.717, 1.165) is 60.7 Å². The van der Waals surface area contributed by atoms with Gasteiger partial charge in [0, 0.05) is 30.7 Å². The molecule has 2 aliphatic carbocycles. The topological polar surface area (TPSA) is 83.4 Å². The van der Waals surface area contributed by atoms with Gasteiger partial charge in [-0.25, -0.2) is 0 Å². The Morgan fingerprint density at radius 1 is 1.05 bits per heavy atom. The van der Waals surface area contributed by atoms with E-state index < -0.39 is 0 Å². The molecule has 0 unspecified atom stereocenters. The number of rotatable bonds is 11. The normalized spacial score (nSPS) is 24.6. The van der Waals surface area contributed by atoms with Crippen molar-refractivity contribution in [1.29, 1.82) is 0 Å². The van der Waals surface area contributed by atoms with Crippen LogP contribution in [0.3, 0.4) is 0 Å². The number of nitrogens with zero attached hydrogens (tertiary/aromatic N) is 5. The molecule has 8 heteroatoms. The van der Waals surface area contributed by atoms with Gasteiger partial charge in [-0.1, -0.05) is 45.4 Å². The lowest BCUT2D eigenvalue weighted by Gasteiger charge is -2.36. The van der Waals surface area contributed by atoms with Crippen LogP contribution in [0.2, 0.25) is 0 Å². The molecular formula is C32H48N6O2. The molecule has 1 aliphatic heterocycles. The van der Waals surface area contributed by atoms with Crippen molar-refractivity contribution in [3.8, 4) is 0 Å². The summed E-state index contributed by atoms with van der Waals surface area (Å²) in [6.45, 7) is 15.8. The molecule has 0 radical (unpaired) electrons. The van der Waals surface area contributed by atoms with E-state index in [1.807, 2.05) is 24.0 Å². The molecule has 2 saturated carbocycles. The van der Waals surface area contributed by atoms with Crippen LogP contribution in [0.25, 0.3) is 0 Å². The number of aromatic nitrogens is 3. The fraction of sp³-hybridized carbons (Fsp3) is 0.688. The summed E-state index contributed by atoms with van der Waals surface area (Å²) in [6, 6.07) is 6.51. The van der Waals surface area contributed by atoms with Crippen LogP contribution in [-0.4, -0.2) is 69.1 Å². The third kappa shape index (κ3) is 6.12. The zero-order chi connectivity index (χ0) is 28.6. The second kappa shape index (κ2) is 12.0. The summed E-state index contributed by atoms with van der Waals surface area (Å²) < 4.78 is 2.39. The van der Waals surface area contributed by atoms with Gasteiger partial charge >= 0.3 is 0 Å². The van der Waals surface area contributed by atoms with Gasteiger partial charge in [0.15, 0.2) is 0 Å². The number of nitrogens with one attached hydrogen (secondary N) is 1. The maximum absolute atomic E-state index is 13.9. The van der Waals surface area contributed by atoms with Crippen molar-refractivity contribution < 1.29 is 9.59 Å². The van der Waals surface area contributed by atoms with E-state index in [0.29, 0.717) is 31.6 Å². The first-order valence-corrected chi connectivity index (χ1v) is 15.5. The maximum atomic E-state index is 13.9. The van der Waals surface area contributed by atoms with Crippen LogP contribution in [0.15, 0.2) is 18.2 Å². The summed E-state index contributed by atoms with van der Waals surface area (Å²) >= 11 is 0. The minimum absolute atomic E-state index is 0.0392. The van der Waals surface area contributed by atoms with Gasteiger partial charge < -0.3 is 14.8 Å². The SMILES string of the molecule is CCN(CC)CC(=O)N1C[C@H](C(=O)Nc2ccc(C)cc2C)[C@@H](c2nnc(C3CC(CC(C)C)C3)n2C2CC2)C1. The number of likely N-dealkylation sites (tertiary alicyclic amines) is 1. The van der Waals surface area contributed by atoms with Gasteiger partial charge in [0.25, 0.3) is 0 Å². The van der Waals surface area contributed by atoms with E-state index in [4.69, 9.17) is 10.2 Å². The lowest BCUT2D eigenvalue weighted by atomic mass is 9.71. The van der Waals surface area contributed by atoms with Crippen molar-refractivity contribution in [3.63, 3.8) is 0 Å². The largest absolute Gasteiger partial charge is 0.340 e. The van der Waals surface area contributed by atoms with Gasteiger partial charge in [-0.2, -0.15) is 0 Å². The number of aryl methyl sites for hydroxylation is 2. The molecule has 2 aromatic rings. The van der Waals surface area contributed by atoms with E-state index in [-0.39, 0.29) is 23.7 Å². The minimum atomic E-state index is -0.369. The Morgan fingerprint density at radius 3 is 2.38 bits per heavy atom. The predicted octanol–water partition coefficient (Wildman–Crippen LogP) is 5.29. The summed E-state index contributed by atoms with van der Waals surface area (Å²) in [6.07, 6.45) is 5.90. The first-order chi connectivity index (χ1) is 19.2. The second-order valence-corrected chi connectivity index (χ2v) is 13.0. The highest BCUT2D eigenvalue weighted by atomic mass is 16.2. The maximum Gasteiger partial charge on any atom is 0.236 e. The number of likely N-dealkylation sites (N-methyl/N-ethyl adjacent to an activating group) is 1. The van der Waals surface area contributed by atoms with Gasteiger partial charge in [0.2, 0.25) is 11.8 Å². The zero-order valence-corrected chi connectivity index (χ0v) is 25.3. The molecule has 1 aromatic carbocycles. The first kappa shape index (κ1) is 28.8. The van der Waals surface area contributed by atoms with Crippen LogP contribution in [0.5, 0.6) is 0 Å². The van der Waals surface area contributed by atoms with E-state index in [1.54, 1.807) is 0 Å². The highest BCUT2D eigenvalue weighted by Gasteiger charge is 2.46. The summed E-state index contributed by atoms with van der Waals surface area (Å²) in [7, 11) is 0. The molecule has 1 aromatic heterocycles. The zero-order valence-electron chi connectivity index (χ0n) is 25.3. The number of carbonyl (C=O) groups is 2. The molecule has 0 bridgehead atoms. The van der Waals surface area contributed by atoms with Crippen LogP contribution in [0.4, 0.5) is 5.69 Å². The Labute approximate surface area is 239 Å². The third-order valence-electron chi connectivity index (χ3n) is 9.30. The van der Waals surface area contributed by atoms with Gasteiger partial charge in [0.1, 0.15) is 11.6 Å². The first-order valence-electron chi connectivity index (χ1n) is 15.5. The number of anilines is 1. The van der Waals surface area contributed by atoms with E-state index in [9.17, 15) is 9.59 Å². The fourth-order valence-corrected chi connectivity index (χ4v) is 6.81. The molecule has 0 spiro atoms. The van der Waals surface area contributed by atoms with E-state index in [2.05, 4.69) is 55.5 Å². The van der Waals surface area contributed by atoms with Crippen molar-refractivity contribution in [2.24, 2.45) is 17.8 Å². The molecule has 1 saturated heterocycles. The van der Waals surface area contributed by atoms with Crippen LogP contribution >= 0.6 is 0 Å². The van der Waals surface area contributed by atoms with Gasteiger partial charge in [-0.05, 0) is 82.5 Å². The molecule has 40 heavy (non-hydrogen) atoms. The van der Waals surface area contributed by atoms with Crippen molar-refractivity contribution >= 4 is 17.5 Å². The predicted molar refractivity (Wildman–Crippen MR) is 158 cm³/mol. The number of benzene rings is 1. The van der Waals surface area contributed by atoms with Gasteiger partial charge in [-0.3, -0.25) is 14.5 Å². The molecule has 2 heterocycles. The van der Waals surface area contributed by atoms with E-state index >= 15 is 0 Å².